The van der Waals surface area contributed by atoms with Crippen LogP contribution in [-0.2, 0) is 6.42 Å². The molecule has 2 nitrogen and oxygen atoms in total. The standard InChI is InChI=1S/C15H13BrF2O2/c1-20-15-5-3-10(16)7-12(15)14(19)6-9-2-4-11(17)8-13(9)18/h2-5,7-8,14,19H,6H2,1H3. The number of aliphatic hydroxyl groups is 1. The van der Waals surface area contributed by atoms with Crippen LogP contribution in [0.3, 0.4) is 0 Å². The summed E-state index contributed by atoms with van der Waals surface area (Å²) in [6.45, 7) is 0. The molecule has 0 saturated heterocycles. The van der Waals surface area contributed by atoms with E-state index in [2.05, 4.69) is 15.9 Å². The smallest absolute Gasteiger partial charge is 0.129 e. The molecular weight excluding hydrogens is 330 g/mol. The lowest BCUT2D eigenvalue weighted by Crippen LogP contribution is -2.06. The highest BCUT2D eigenvalue weighted by atomic mass is 79.9. The molecule has 0 heterocycles. The molecule has 1 unspecified atom stereocenters. The third kappa shape index (κ3) is 3.35. The molecule has 106 valence electrons. The van der Waals surface area contributed by atoms with Crippen LogP contribution in [-0.4, -0.2) is 12.2 Å². The molecule has 0 aliphatic heterocycles. The van der Waals surface area contributed by atoms with Crippen LogP contribution in [0.1, 0.15) is 17.2 Å². The third-order valence-corrected chi connectivity index (χ3v) is 3.47. The van der Waals surface area contributed by atoms with Gasteiger partial charge in [0.05, 0.1) is 13.2 Å². The lowest BCUT2D eigenvalue weighted by atomic mass is 10.0. The topological polar surface area (TPSA) is 29.5 Å². The van der Waals surface area contributed by atoms with Crippen LogP contribution in [0.25, 0.3) is 0 Å². The summed E-state index contributed by atoms with van der Waals surface area (Å²) in [5.74, 6) is -0.790. The van der Waals surface area contributed by atoms with Crippen molar-refractivity contribution in [3.05, 3.63) is 63.6 Å². The van der Waals surface area contributed by atoms with Crippen molar-refractivity contribution in [2.24, 2.45) is 0 Å². The van der Waals surface area contributed by atoms with E-state index in [9.17, 15) is 13.9 Å². The van der Waals surface area contributed by atoms with Gasteiger partial charge in [0.15, 0.2) is 0 Å². The van der Waals surface area contributed by atoms with Crippen LogP contribution in [0.4, 0.5) is 8.78 Å². The Morgan fingerprint density at radius 1 is 1.20 bits per heavy atom. The van der Waals surface area contributed by atoms with E-state index in [4.69, 9.17) is 4.74 Å². The fourth-order valence-corrected chi connectivity index (χ4v) is 2.35. The molecule has 0 radical (unpaired) electrons. The summed E-state index contributed by atoms with van der Waals surface area (Å²) >= 11 is 3.31. The molecule has 1 atom stereocenters. The molecule has 0 fully saturated rings. The number of halogens is 3. The maximum Gasteiger partial charge on any atom is 0.129 e. The quantitative estimate of drug-likeness (QED) is 0.909. The van der Waals surface area contributed by atoms with Crippen LogP contribution in [0.5, 0.6) is 5.75 Å². The first-order valence-corrected chi connectivity index (χ1v) is 6.76. The minimum absolute atomic E-state index is 0.0406. The summed E-state index contributed by atoms with van der Waals surface area (Å²) in [7, 11) is 1.50. The fourth-order valence-electron chi connectivity index (χ4n) is 1.97. The second-order valence-corrected chi connectivity index (χ2v) is 5.26. The summed E-state index contributed by atoms with van der Waals surface area (Å²) in [6, 6.07) is 8.52. The number of methoxy groups -OCH3 is 1. The number of ether oxygens (including phenoxy) is 1. The summed E-state index contributed by atoms with van der Waals surface area (Å²) in [6.07, 6.45) is -0.902. The minimum atomic E-state index is -0.942. The van der Waals surface area contributed by atoms with Gasteiger partial charge in [0.1, 0.15) is 17.4 Å². The zero-order chi connectivity index (χ0) is 14.7. The van der Waals surface area contributed by atoms with Gasteiger partial charge in [-0.05, 0) is 29.8 Å². The summed E-state index contributed by atoms with van der Waals surface area (Å²) in [4.78, 5) is 0. The Hall–Kier alpha value is -1.46. The molecule has 0 aromatic heterocycles. The van der Waals surface area contributed by atoms with Gasteiger partial charge in [0.2, 0.25) is 0 Å². The highest BCUT2D eigenvalue weighted by Crippen LogP contribution is 2.30. The molecule has 0 amide bonds. The molecule has 2 rings (SSSR count). The second kappa shape index (κ2) is 6.33. The van der Waals surface area contributed by atoms with E-state index in [0.29, 0.717) is 11.3 Å². The van der Waals surface area contributed by atoms with E-state index in [1.54, 1.807) is 18.2 Å². The normalized spacial score (nSPS) is 12.2. The Morgan fingerprint density at radius 2 is 1.95 bits per heavy atom. The van der Waals surface area contributed by atoms with Gasteiger partial charge in [-0.15, -0.1) is 0 Å². The Labute approximate surface area is 124 Å². The van der Waals surface area contributed by atoms with E-state index in [1.165, 1.54) is 19.2 Å². The molecular formula is C15H13BrF2O2. The number of benzene rings is 2. The van der Waals surface area contributed by atoms with Crippen molar-refractivity contribution in [3.8, 4) is 5.75 Å². The van der Waals surface area contributed by atoms with Crippen LogP contribution < -0.4 is 4.74 Å². The van der Waals surface area contributed by atoms with Crippen LogP contribution in [0, 0.1) is 11.6 Å². The number of aliphatic hydroxyl groups excluding tert-OH is 1. The highest BCUT2D eigenvalue weighted by Gasteiger charge is 2.16. The average molecular weight is 343 g/mol. The van der Waals surface area contributed by atoms with Gasteiger partial charge >= 0.3 is 0 Å². The first-order chi connectivity index (χ1) is 9.51. The van der Waals surface area contributed by atoms with Crippen molar-refractivity contribution in [2.45, 2.75) is 12.5 Å². The largest absolute Gasteiger partial charge is 0.496 e. The van der Waals surface area contributed by atoms with Gasteiger partial charge < -0.3 is 9.84 Å². The van der Waals surface area contributed by atoms with E-state index in [-0.39, 0.29) is 12.0 Å². The average Bonchev–Trinajstić information content (AvgIpc) is 2.41. The third-order valence-electron chi connectivity index (χ3n) is 2.98. The van der Waals surface area contributed by atoms with Gasteiger partial charge in [-0.3, -0.25) is 0 Å². The van der Waals surface area contributed by atoms with Crippen molar-refractivity contribution in [1.29, 1.82) is 0 Å². The van der Waals surface area contributed by atoms with Crippen molar-refractivity contribution in [1.82, 2.24) is 0 Å². The molecule has 0 aliphatic carbocycles. The monoisotopic (exact) mass is 342 g/mol. The predicted octanol–water partition coefficient (Wildman–Crippen LogP) is 4.01. The molecule has 0 spiro atoms. The van der Waals surface area contributed by atoms with Crippen LogP contribution >= 0.6 is 15.9 Å². The first kappa shape index (κ1) is 14.9. The Balaban J connectivity index is 2.27. The van der Waals surface area contributed by atoms with E-state index in [1.807, 2.05) is 0 Å². The zero-order valence-electron chi connectivity index (χ0n) is 10.7. The van der Waals surface area contributed by atoms with E-state index in [0.717, 1.165) is 10.5 Å². The highest BCUT2D eigenvalue weighted by molar-refractivity contribution is 9.10. The maximum absolute atomic E-state index is 13.6. The molecule has 0 bridgehead atoms. The Morgan fingerprint density at radius 3 is 2.60 bits per heavy atom. The van der Waals surface area contributed by atoms with Gasteiger partial charge in [-0.25, -0.2) is 8.78 Å². The van der Waals surface area contributed by atoms with E-state index < -0.39 is 17.7 Å². The lowest BCUT2D eigenvalue weighted by molar-refractivity contribution is 0.172. The van der Waals surface area contributed by atoms with Gasteiger partial charge in [0.25, 0.3) is 0 Å². The second-order valence-electron chi connectivity index (χ2n) is 4.34. The van der Waals surface area contributed by atoms with Gasteiger partial charge in [-0.2, -0.15) is 0 Å². The predicted molar refractivity (Wildman–Crippen MR) is 75.7 cm³/mol. The fraction of sp³-hybridized carbons (Fsp3) is 0.200. The summed E-state index contributed by atoms with van der Waals surface area (Å²) in [5, 5.41) is 10.2. The molecule has 0 saturated carbocycles. The first-order valence-electron chi connectivity index (χ1n) is 5.96. The maximum atomic E-state index is 13.6. The Kier molecular flexibility index (Phi) is 4.73. The van der Waals surface area contributed by atoms with Gasteiger partial charge in [0, 0.05) is 22.5 Å². The molecule has 1 N–H and O–H groups in total. The van der Waals surface area contributed by atoms with Crippen molar-refractivity contribution < 1.29 is 18.6 Å². The lowest BCUT2D eigenvalue weighted by Gasteiger charge is -2.15. The molecule has 0 aliphatic rings. The van der Waals surface area contributed by atoms with Crippen molar-refractivity contribution in [3.63, 3.8) is 0 Å². The zero-order valence-corrected chi connectivity index (χ0v) is 12.3. The number of hydrogen-bond donors (Lipinski definition) is 1. The van der Waals surface area contributed by atoms with Crippen molar-refractivity contribution >= 4 is 15.9 Å². The van der Waals surface area contributed by atoms with Crippen LogP contribution in [0.2, 0.25) is 0 Å². The molecule has 2 aromatic carbocycles. The van der Waals surface area contributed by atoms with Crippen molar-refractivity contribution in [2.75, 3.05) is 7.11 Å². The van der Waals surface area contributed by atoms with E-state index >= 15 is 0 Å². The summed E-state index contributed by atoms with van der Waals surface area (Å²) < 4.78 is 32.4. The summed E-state index contributed by atoms with van der Waals surface area (Å²) in [5.41, 5.74) is 0.798. The SMILES string of the molecule is COc1ccc(Br)cc1C(O)Cc1ccc(F)cc1F. The molecule has 2 aromatic rings. The number of hydrogen-bond acceptors (Lipinski definition) is 2. The minimum Gasteiger partial charge on any atom is -0.496 e. The molecule has 20 heavy (non-hydrogen) atoms. The Bertz CT molecular complexity index is 617. The van der Waals surface area contributed by atoms with Crippen LogP contribution in [0.15, 0.2) is 40.9 Å². The molecule has 5 heteroatoms. The van der Waals surface area contributed by atoms with Gasteiger partial charge in [-0.1, -0.05) is 22.0 Å². The number of rotatable bonds is 4.